The fourth-order valence-electron chi connectivity index (χ4n) is 4.79. The van der Waals surface area contributed by atoms with E-state index in [-0.39, 0.29) is 40.7 Å². The van der Waals surface area contributed by atoms with Crippen LogP contribution in [0.1, 0.15) is 29.3 Å². The molecular weight excluding hydrogens is 535 g/mol. The first kappa shape index (κ1) is 24.6. The summed E-state index contributed by atoms with van der Waals surface area (Å²) in [4.78, 5) is 30.9. The largest absolute Gasteiger partial charge is 0.506 e. The van der Waals surface area contributed by atoms with Crippen LogP contribution in [0.4, 0.5) is 24.8 Å². The highest BCUT2D eigenvalue weighted by Crippen LogP contribution is 2.46. The summed E-state index contributed by atoms with van der Waals surface area (Å²) in [5, 5.41) is 12.2. The molecule has 3 aromatic heterocycles. The fourth-order valence-corrected chi connectivity index (χ4v) is 4.90. The Hall–Kier alpha value is -4.71. The molecule has 4 N–H and O–H groups in total. The van der Waals surface area contributed by atoms with Crippen molar-refractivity contribution < 1.29 is 23.1 Å². The molecule has 5 aromatic rings. The van der Waals surface area contributed by atoms with Gasteiger partial charge < -0.3 is 20.6 Å². The van der Waals surface area contributed by atoms with E-state index >= 15 is 0 Å². The summed E-state index contributed by atoms with van der Waals surface area (Å²) in [5.41, 5.74) is 6.53. The molecule has 0 saturated carbocycles. The van der Waals surface area contributed by atoms with Crippen LogP contribution in [0, 0.1) is 17.5 Å². The molecule has 1 aliphatic rings. The van der Waals surface area contributed by atoms with Crippen LogP contribution >= 0.6 is 11.6 Å². The number of phenols is 1. The van der Waals surface area contributed by atoms with Crippen molar-refractivity contribution in [1.29, 1.82) is 0 Å². The van der Waals surface area contributed by atoms with Crippen molar-refractivity contribution in [3.8, 4) is 17.3 Å². The van der Waals surface area contributed by atoms with Crippen molar-refractivity contribution in [2.75, 3.05) is 11.1 Å². The van der Waals surface area contributed by atoms with Crippen LogP contribution in [0.5, 0.6) is 5.75 Å². The highest BCUT2D eigenvalue weighted by molar-refractivity contribution is 6.32. The lowest BCUT2D eigenvalue weighted by atomic mass is 9.77. The lowest BCUT2D eigenvalue weighted by Gasteiger charge is -2.24. The number of nitrogens with two attached hydrogens (primary N) is 1. The smallest absolute Gasteiger partial charge is 0.240 e. The van der Waals surface area contributed by atoms with E-state index in [0.29, 0.717) is 16.9 Å². The molecule has 4 heterocycles. The molecule has 39 heavy (non-hydrogen) atoms. The molecule has 0 saturated heterocycles. The predicted molar refractivity (Wildman–Crippen MR) is 136 cm³/mol. The zero-order chi connectivity index (χ0) is 27.6. The first-order valence-corrected chi connectivity index (χ1v) is 11.9. The topological polar surface area (TPSA) is 131 Å². The number of phenolic OH excluding ortho intramolecular Hbond substituents is 1. The number of imidazole rings is 1. The number of rotatable bonds is 4. The van der Waals surface area contributed by atoms with Crippen LogP contribution in [0.2, 0.25) is 5.02 Å². The molecule has 9 nitrogen and oxygen atoms in total. The normalized spacial score (nSPS) is 16.5. The summed E-state index contributed by atoms with van der Waals surface area (Å²) in [6, 6.07) is 5.41. The van der Waals surface area contributed by atoms with Gasteiger partial charge >= 0.3 is 0 Å². The average molecular weight is 552 g/mol. The molecule has 0 radical (unpaired) electrons. The van der Waals surface area contributed by atoms with Crippen molar-refractivity contribution in [3.63, 3.8) is 0 Å². The number of benzene rings is 2. The highest BCUT2D eigenvalue weighted by Gasteiger charge is 2.48. The van der Waals surface area contributed by atoms with Gasteiger partial charge in [0.1, 0.15) is 51.0 Å². The van der Waals surface area contributed by atoms with Crippen LogP contribution < -0.4 is 11.1 Å². The van der Waals surface area contributed by atoms with Crippen molar-refractivity contribution in [1.82, 2.24) is 24.3 Å². The van der Waals surface area contributed by atoms with Gasteiger partial charge in [0.15, 0.2) is 11.5 Å². The summed E-state index contributed by atoms with van der Waals surface area (Å²) in [5.74, 6) is -3.38. The van der Waals surface area contributed by atoms with E-state index in [2.05, 4.69) is 25.3 Å². The second-order valence-electron chi connectivity index (χ2n) is 9.21. The number of aromatic nitrogens is 5. The quantitative estimate of drug-likeness (QED) is 0.302. The number of amides is 1. The fraction of sp³-hybridized carbons (Fsp3) is 0.115. The van der Waals surface area contributed by atoms with Crippen molar-refractivity contribution >= 4 is 34.8 Å². The van der Waals surface area contributed by atoms with Crippen molar-refractivity contribution in [2.45, 2.75) is 18.8 Å². The Morgan fingerprint density at radius 2 is 1.85 bits per heavy atom. The molecule has 1 amide bonds. The highest BCUT2D eigenvalue weighted by atomic mass is 35.5. The second kappa shape index (κ2) is 8.67. The number of nitrogen functional groups attached to an aromatic ring is 1. The van der Waals surface area contributed by atoms with Gasteiger partial charge in [-0.25, -0.2) is 33.1 Å². The maximum Gasteiger partial charge on any atom is 0.240 e. The first-order valence-electron chi connectivity index (χ1n) is 11.5. The SMILES string of the molecule is C[C@@]1(c2cc(O)c(Cl)c(F)c2)C(=O)Nc2nc(-c3cn4ccnc4c(Cc4cc(F)cc(F)c4)n3)nc(N)c21. The molecule has 0 fully saturated rings. The van der Waals surface area contributed by atoms with E-state index in [0.717, 1.165) is 12.1 Å². The summed E-state index contributed by atoms with van der Waals surface area (Å²) < 4.78 is 43.6. The third-order valence-corrected chi connectivity index (χ3v) is 7.05. The molecule has 13 heteroatoms. The monoisotopic (exact) mass is 551 g/mol. The molecule has 1 aliphatic heterocycles. The standard InChI is InChI=1S/C26H17ClF3N7O2/c1-26(12-7-15(30)20(27)18(38)8-12)19-21(31)34-22(35-23(19)36-25(26)39)17-10-37-3-2-32-24(37)16(33-17)6-11-4-13(28)9-14(29)5-11/h2-5,7-10,38H,6H2,1H3,(H3,31,34,35,36,39)/t26-/m0/s1. The number of hydrogen-bond acceptors (Lipinski definition) is 7. The Balaban J connectivity index is 1.46. The predicted octanol–water partition coefficient (Wildman–Crippen LogP) is 4.39. The molecule has 0 bridgehead atoms. The average Bonchev–Trinajstić information content (AvgIpc) is 3.44. The Morgan fingerprint density at radius 1 is 1.10 bits per heavy atom. The van der Waals surface area contributed by atoms with Gasteiger partial charge in [0.2, 0.25) is 5.91 Å². The van der Waals surface area contributed by atoms with Crippen molar-refractivity contribution in [3.05, 3.63) is 93.8 Å². The zero-order valence-electron chi connectivity index (χ0n) is 20.0. The van der Waals surface area contributed by atoms with E-state index in [4.69, 9.17) is 17.3 Å². The van der Waals surface area contributed by atoms with Gasteiger partial charge in [0, 0.05) is 31.1 Å². The van der Waals surface area contributed by atoms with E-state index in [9.17, 15) is 23.1 Å². The van der Waals surface area contributed by atoms with E-state index in [1.54, 1.807) is 23.0 Å². The minimum Gasteiger partial charge on any atom is -0.506 e. The summed E-state index contributed by atoms with van der Waals surface area (Å²) in [6.45, 7) is 1.50. The number of nitrogens with zero attached hydrogens (tertiary/aromatic N) is 5. The van der Waals surface area contributed by atoms with Gasteiger partial charge in [-0.1, -0.05) is 11.6 Å². The maximum absolute atomic E-state index is 14.3. The van der Waals surface area contributed by atoms with Crippen LogP contribution in [0.3, 0.4) is 0 Å². The van der Waals surface area contributed by atoms with E-state index in [1.165, 1.54) is 25.1 Å². The Morgan fingerprint density at radius 3 is 2.56 bits per heavy atom. The summed E-state index contributed by atoms with van der Waals surface area (Å²) in [7, 11) is 0. The van der Waals surface area contributed by atoms with Gasteiger partial charge in [-0.15, -0.1) is 0 Å². The van der Waals surface area contributed by atoms with Crippen LogP contribution in [0.25, 0.3) is 17.2 Å². The summed E-state index contributed by atoms with van der Waals surface area (Å²) in [6.07, 6.45) is 4.86. The van der Waals surface area contributed by atoms with Gasteiger partial charge in [-0.3, -0.25) is 4.79 Å². The number of fused-ring (bicyclic) bond motifs is 2. The lowest BCUT2D eigenvalue weighted by molar-refractivity contribution is -0.119. The van der Waals surface area contributed by atoms with Crippen molar-refractivity contribution in [2.24, 2.45) is 0 Å². The number of carbonyl (C=O) groups excluding carboxylic acids is 1. The van der Waals surface area contributed by atoms with Crippen LogP contribution in [-0.2, 0) is 16.6 Å². The molecular formula is C26H17ClF3N7O2. The molecule has 0 spiro atoms. The third kappa shape index (κ3) is 3.91. The number of anilines is 2. The number of aromatic hydroxyl groups is 1. The third-order valence-electron chi connectivity index (χ3n) is 6.68. The number of nitrogens with one attached hydrogen (secondary N) is 1. The molecule has 196 valence electrons. The van der Waals surface area contributed by atoms with Gasteiger partial charge in [-0.2, -0.15) is 0 Å². The van der Waals surface area contributed by atoms with E-state index < -0.39 is 39.5 Å². The first-order chi connectivity index (χ1) is 18.5. The minimum atomic E-state index is -1.53. The Bertz CT molecular complexity index is 1800. The number of carbonyl (C=O) groups is 1. The Kier molecular flexibility index (Phi) is 5.47. The molecule has 2 aromatic carbocycles. The molecule has 0 aliphatic carbocycles. The van der Waals surface area contributed by atoms with Crippen LogP contribution in [0.15, 0.2) is 48.9 Å². The van der Waals surface area contributed by atoms with Gasteiger partial charge in [-0.05, 0) is 42.3 Å². The van der Waals surface area contributed by atoms with Crippen LogP contribution in [-0.4, -0.2) is 35.4 Å². The lowest BCUT2D eigenvalue weighted by Crippen LogP contribution is -2.33. The minimum absolute atomic E-state index is 0.0585. The van der Waals surface area contributed by atoms with Gasteiger partial charge in [0.05, 0.1) is 11.3 Å². The number of halogens is 4. The summed E-state index contributed by atoms with van der Waals surface area (Å²) >= 11 is 5.75. The maximum atomic E-state index is 14.3. The number of hydrogen-bond donors (Lipinski definition) is 3. The molecule has 0 unspecified atom stereocenters. The van der Waals surface area contributed by atoms with E-state index in [1.807, 2.05) is 0 Å². The van der Waals surface area contributed by atoms with Gasteiger partial charge in [0.25, 0.3) is 0 Å². The molecule has 1 atom stereocenters. The second-order valence-corrected chi connectivity index (χ2v) is 9.59. The Labute approximate surface area is 223 Å². The zero-order valence-corrected chi connectivity index (χ0v) is 20.8. The molecule has 6 rings (SSSR count).